The summed E-state index contributed by atoms with van der Waals surface area (Å²) in [5.74, 6) is -0.0732. The smallest absolute Gasteiger partial charge is 0.225 e. The average molecular weight is 289 g/mol. The Kier molecular flexibility index (Phi) is 5.45. The maximum atomic E-state index is 11.7. The second-order valence-electron chi connectivity index (χ2n) is 5.10. The van der Waals surface area contributed by atoms with E-state index in [0.29, 0.717) is 28.7 Å². The lowest BCUT2D eigenvalue weighted by Gasteiger charge is -2.20. The van der Waals surface area contributed by atoms with E-state index in [1.165, 1.54) is 0 Å². The summed E-state index contributed by atoms with van der Waals surface area (Å²) in [4.78, 5) is 11.7. The lowest BCUT2D eigenvalue weighted by molar-refractivity contribution is -0.116. The molecule has 0 radical (unpaired) electrons. The molecule has 18 heavy (non-hydrogen) atoms. The zero-order chi connectivity index (χ0) is 13.8. The van der Waals surface area contributed by atoms with Crippen molar-refractivity contribution in [1.29, 1.82) is 0 Å². The molecule has 0 aliphatic carbocycles. The van der Waals surface area contributed by atoms with Crippen molar-refractivity contribution < 1.29 is 4.79 Å². The summed E-state index contributed by atoms with van der Waals surface area (Å²) >= 11 is 11.7. The second-order valence-corrected chi connectivity index (χ2v) is 5.94. The van der Waals surface area contributed by atoms with Crippen molar-refractivity contribution in [3.8, 4) is 0 Å². The fraction of sp³-hybridized carbons (Fsp3) is 0.462. The van der Waals surface area contributed by atoms with Gasteiger partial charge >= 0.3 is 0 Å². The number of benzene rings is 1. The first-order valence-corrected chi connectivity index (χ1v) is 6.53. The zero-order valence-electron chi connectivity index (χ0n) is 10.8. The van der Waals surface area contributed by atoms with Crippen molar-refractivity contribution in [2.75, 3.05) is 11.9 Å². The maximum Gasteiger partial charge on any atom is 0.225 e. The minimum Gasteiger partial charge on any atom is -0.325 e. The molecule has 1 aromatic rings. The van der Waals surface area contributed by atoms with Crippen molar-refractivity contribution in [1.82, 2.24) is 5.32 Å². The topological polar surface area (TPSA) is 41.1 Å². The number of halogens is 2. The highest BCUT2D eigenvalue weighted by Crippen LogP contribution is 2.25. The Bertz CT molecular complexity index is 427. The van der Waals surface area contributed by atoms with Crippen LogP contribution in [0.5, 0.6) is 0 Å². The van der Waals surface area contributed by atoms with Gasteiger partial charge in [-0.1, -0.05) is 23.2 Å². The minimum absolute atomic E-state index is 0.0121. The van der Waals surface area contributed by atoms with E-state index >= 15 is 0 Å². The van der Waals surface area contributed by atoms with Crippen LogP contribution in [-0.4, -0.2) is 18.0 Å². The third kappa shape index (κ3) is 5.71. The first-order valence-electron chi connectivity index (χ1n) is 5.78. The summed E-state index contributed by atoms with van der Waals surface area (Å²) in [7, 11) is 0. The Morgan fingerprint density at radius 1 is 1.28 bits per heavy atom. The van der Waals surface area contributed by atoms with Crippen molar-refractivity contribution >= 4 is 34.8 Å². The van der Waals surface area contributed by atoms with Crippen LogP contribution >= 0.6 is 23.2 Å². The van der Waals surface area contributed by atoms with E-state index in [0.717, 1.165) is 0 Å². The molecule has 3 nitrogen and oxygen atoms in total. The van der Waals surface area contributed by atoms with Crippen LogP contribution in [-0.2, 0) is 4.79 Å². The lowest BCUT2D eigenvalue weighted by Crippen LogP contribution is -2.37. The molecule has 1 amide bonds. The standard InChI is InChI=1S/C13H18Cl2N2O/c1-13(2,3)16-7-6-12(18)17-11-5-4-9(14)8-10(11)15/h4-5,8,16H,6-7H2,1-3H3,(H,17,18). The SMILES string of the molecule is CC(C)(C)NCCC(=O)Nc1ccc(Cl)cc1Cl. The van der Waals surface area contributed by atoms with Crippen molar-refractivity contribution in [2.45, 2.75) is 32.7 Å². The van der Waals surface area contributed by atoms with Gasteiger partial charge in [0.15, 0.2) is 0 Å². The third-order valence-electron chi connectivity index (χ3n) is 2.21. The summed E-state index contributed by atoms with van der Waals surface area (Å²) in [6, 6.07) is 4.99. The van der Waals surface area contributed by atoms with Gasteiger partial charge in [-0.25, -0.2) is 0 Å². The molecule has 0 saturated heterocycles. The first-order chi connectivity index (χ1) is 8.28. The monoisotopic (exact) mass is 288 g/mol. The number of amides is 1. The molecule has 0 aliphatic rings. The van der Waals surface area contributed by atoms with Gasteiger partial charge in [-0.3, -0.25) is 4.79 Å². The van der Waals surface area contributed by atoms with Crippen LogP contribution in [0.3, 0.4) is 0 Å². The summed E-state index contributed by atoms with van der Waals surface area (Å²) in [6.07, 6.45) is 0.399. The van der Waals surface area contributed by atoms with Gasteiger partial charge in [0.25, 0.3) is 0 Å². The van der Waals surface area contributed by atoms with E-state index in [1.54, 1.807) is 18.2 Å². The van der Waals surface area contributed by atoms with Crippen LogP contribution in [0.25, 0.3) is 0 Å². The average Bonchev–Trinajstić information content (AvgIpc) is 2.20. The molecular weight excluding hydrogens is 271 g/mol. The highest BCUT2D eigenvalue weighted by molar-refractivity contribution is 6.36. The van der Waals surface area contributed by atoms with Crippen molar-refractivity contribution in [2.24, 2.45) is 0 Å². The molecule has 1 aromatic carbocycles. The molecule has 1 rings (SSSR count). The summed E-state index contributed by atoms with van der Waals surface area (Å²) in [5, 5.41) is 6.99. The predicted molar refractivity (Wildman–Crippen MR) is 77.5 cm³/mol. The minimum atomic E-state index is -0.0732. The number of anilines is 1. The van der Waals surface area contributed by atoms with Crippen LogP contribution < -0.4 is 10.6 Å². The van der Waals surface area contributed by atoms with Crippen LogP contribution in [0.15, 0.2) is 18.2 Å². The van der Waals surface area contributed by atoms with Crippen LogP contribution in [0.4, 0.5) is 5.69 Å². The number of nitrogens with one attached hydrogen (secondary N) is 2. The van der Waals surface area contributed by atoms with Gasteiger partial charge in [0.05, 0.1) is 10.7 Å². The number of carbonyl (C=O) groups excluding carboxylic acids is 1. The van der Waals surface area contributed by atoms with Gasteiger partial charge in [-0.15, -0.1) is 0 Å². The van der Waals surface area contributed by atoms with E-state index in [9.17, 15) is 4.79 Å². The Morgan fingerprint density at radius 3 is 2.50 bits per heavy atom. The predicted octanol–water partition coefficient (Wildman–Crippen LogP) is 3.71. The molecule has 0 atom stereocenters. The Morgan fingerprint density at radius 2 is 1.94 bits per heavy atom. The molecule has 0 unspecified atom stereocenters. The lowest BCUT2D eigenvalue weighted by atomic mass is 10.1. The summed E-state index contributed by atoms with van der Waals surface area (Å²) < 4.78 is 0. The number of rotatable bonds is 4. The molecule has 0 bridgehead atoms. The van der Waals surface area contributed by atoms with E-state index in [4.69, 9.17) is 23.2 Å². The fourth-order valence-electron chi connectivity index (χ4n) is 1.35. The number of hydrogen-bond acceptors (Lipinski definition) is 2. The molecular formula is C13H18Cl2N2O. The van der Waals surface area contributed by atoms with Crippen LogP contribution in [0, 0.1) is 0 Å². The highest BCUT2D eigenvalue weighted by atomic mass is 35.5. The number of hydrogen-bond donors (Lipinski definition) is 2. The molecule has 0 saturated carbocycles. The van der Waals surface area contributed by atoms with Crippen molar-refractivity contribution in [3.05, 3.63) is 28.2 Å². The molecule has 0 heterocycles. The molecule has 5 heteroatoms. The first kappa shape index (κ1) is 15.3. The maximum absolute atomic E-state index is 11.7. The molecule has 2 N–H and O–H groups in total. The van der Waals surface area contributed by atoms with Gasteiger partial charge in [-0.2, -0.15) is 0 Å². The fourth-order valence-corrected chi connectivity index (χ4v) is 1.81. The second kappa shape index (κ2) is 6.41. The molecule has 0 aliphatic heterocycles. The highest BCUT2D eigenvalue weighted by Gasteiger charge is 2.10. The zero-order valence-corrected chi connectivity index (χ0v) is 12.3. The van der Waals surface area contributed by atoms with E-state index in [-0.39, 0.29) is 11.4 Å². The Hall–Kier alpha value is -0.770. The Balaban J connectivity index is 2.45. The normalized spacial score (nSPS) is 11.4. The molecule has 0 fully saturated rings. The van der Waals surface area contributed by atoms with Crippen LogP contribution in [0.1, 0.15) is 27.2 Å². The quantitative estimate of drug-likeness (QED) is 0.887. The van der Waals surface area contributed by atoms with Gasteiger partial charge in [0.2, 0.25) is 5.91 Å². The number of carbonyl (C=O) groups is 1. The molecule has 0 spiro atoms. The van der Waals surface area contributed by atoms with Crippen LogP contribution in [0.2, 0.25) is 10.0 Å². The van der Waals surface area contributed by atoms with Gasteiger partial charge in [0.1, 0.15) is 0 Å². The largest absolute Gasteiger partial charge is 0.325 e. The summed E-state index contributed by atoms with van der Waals surface area (Å²) in [5.41, 5.74) is 0.597. The third-order valence-corrected chi connectivity index (χ3v) is 2.76. The summed E-state index contributed by atoms with van der Waals surface area (Å²) in [6.45, 7) is 6.80. The Labute approximate surface area is 118 Å². The van der Waals surface area contributed by atoms with Gasteiger partial charge < -0.3 is 10.6 Å². The van der Waals surface area contributed by atoms with Gasteiger partial charge in [-0.05, 0) is 39.0 Å². The van der Waals surface area contributed by atoms with E-state index < -0.39 is 0 Å². The molecule has 0 aromatic heterocycles. The van der Waals surface area contributed by atoms with E-state index in [1.807, 2.05) is 0 Å². The van der Waals surface area contributed by atoms with E-state index in [2.05, 4.69) is 31.4 Å². The van der Waals surface area contributed by atoms with Crippen molar-refractivity contribution in [3.63, 3.8) is 0 Å². The molecule has 100 valence electrons. The van der Waals surface area contributed by atoms with Gasteiger partial charge in [0, 0.05) is 23.5 Å².